The maximum atomic E-state index is 3.58. The molecular formula is C15H26N2S. The van der Waals surface area contributed by atoms with Crippen molar-refractivity contribution >= 4 is 11.3 Å². The largest absolute Gasteiger partial charge is 0.309 e. The van der Waals surface area contributed by atoms with Crippen LogP contribution in [0.25, 0.3) is 0 Å². The van der Waals surface area contributed by atoms with E-state index in [1.807, 2.05) is 11.3 Å². The van der Waals surface area contributed by atoms with Gasteiger partial charge in [-0.25, -0.2) is 0 Å². The molecule has 2 rings (SSSR count). The van der Waals surface area contributed by atoms with Gasteiger partial charge >= 0.3 is 0 Å². The molecule has 1 N–H and O–H groups in total. The first kappa shape index (κ1) is 14.0. The van der Waals surface area contributed by atoms with Crippen LogP contribution in [0.4, 0.5) is 0 Å². The van der Waals surface area contributed by atoms with Crippen molar-refractivity contribution < 1.29 is 0 Å². The number of unbranched alkanes of at least 4 members (excludes halogenated alkanes) is 2. The fraction of sp³-hybridized carbons (Fsp3) is 0.733. The number of nitrogens with zero attached hydrogens (tertiary/aromatic N) is 1. The van der Waals surface area contributed by atoms with Gasteiger partial charge in [0.25, 0.3) is 0 Å². The zero-order valence-electron chi connectivity index (χ0n) is 11.7. The molecule has 1 aromatic heterocycles. The highest BCUT2D eigenvalue weighted by molar-refractivity contribution is 7.11. The molecule has 1 fully saturated rings. The molecule has 0 unspecified atom stereocenters. The molecule has 18 heavy (non-hydrogen) atoms. The fourth-order valence-corrected chi connectivity index (χ4v) is 3.16. The van der Waals surface area contributed by atoms with Gasteiger partial charge < -0.3 is 10.2 Å². The second kappa shape index (κ2) is 7.27. The first-order chi connectivity index (χ1) is 8.78. The summed E-state index contributed by atoms with van der Waals surface area (Å²) in [6.07, 6.45) is 6.74. The molecule has 1 aromatic rings. The van der Waals surface area contributed by atoms with E-state index >= 15 is 0 Å². The Hall–Kier alpha value is -0.380. The first-order valence-corrected chi connectivity index (χ1v) is 8.09. The summed E-state index contributed by atoms with van der Waals surface area (Å²) in [5, 5.41) is 3.58. The Morgan fingerprint density at radius 1 is 1.28 bits per heavy atom. The second-order valence-electron chi connectivity index (χ2n) is 5.47. The molecule has 2 nitrogen and oxygen atoms in total. The summed E-state index contributed by atoms with van der Waals surface area (Å²) in [5.41, 5.74) is 0. The lowest BCUT2D eigenvalue weighted by molar-refractivity contribution is 0.321. The summed E-state index contributed by atoms with van der Waals surface area (Å²) in [7, 11) is 2.23. The van der Waals surface area contributed by atoms with E-state index in [-0.39, 0.29) is 0 Å². The Morgan fingerprint density at radius 2 is 2.06 bits per heavy atom. The maximum Gasteiger partial charge on any atom is 0.0324 e. The third-order valence-corrected chi connectivity index (χ3v) is 4.50. The van der Waals surface area contributed by atoms with Crippen molar-refractivity contribution in [2.45, 2.75) is 58.2 Å². The van der Waals surface area contributed by atoms with Crippen LogP contribution in [-0.4, -0.2) is 24.5 Å². The van der Waals surface area contributed by atoms with Gasteiger partial charge in [-0.1, -0.05) is 19.8 Å². The van der Waals surface area contributed by atoms with E-state index in [2.05, 4.69) is 36.3 Å². The van der Waals surface area contributed by atoms with Crippen LogP contribution < -0.4 is 5.32 Å². The van der Waals surface area contributed by atoms with E-state index in [4.69, 9.17) is 0 Å². The quantitative estimate of drug-likeness (QED) is 0.687. The molecule has 0 aliphatic heterocycles. The molecule has 1 aliphatic rings. The maximum absolute atomic E-state index is 3.58. The molecule has 0 saturated heterocycles. The van der Waals surface area contributed by atoms with Crippen molar-refractivity contribution in [2.75, 3.05) is 13.6 Å². The molecular weight excluding hydrogens is 240 g/mol. The van der Waals surface area contributed by atoms with Gasteiger partial charge in [-0.2, -0.15) is 0 Å². The Morgan fingerprint density at radius 3 is 2.78 bits per heavy atom. The monoisotopic (exact) mass is 266 g/mol. The van der Waals surface area contributed by atoms with Crippen LogP contribution in [0.3, 0.4) is 0 Å². The number of rotatable bonds is 9. The third-order valence-electron chi connectivity index (χ3n) is 3.43. The van der Waals surface area contributed by atoms with E-state index in [0.29, 0.717) is 0 Å². The van der Waals surface area contributed by atoms with Gasteiger partial charge in [0.2, 0.25) is 0 Å². The van der Waals surface area contributed by atoms with Gasteiger partial charge in [-0.3, -0.25) is 0 Å². The van der Waals surface area contributed by atoms with Crippen LogP contribution in [0.15, 0.2) is 12.1 Å². The van der Waals surface area contributed by atoms with Crippen LogP contribution in [0.5, 0.6) is 0 Å². The summed E-state index contributed by atoms with van der Waals surface area (Å²) < 4.78 is 0. The molecule has 0 aromatic carbocycles. The molecule has 102 valence electrons. The first-order valence-electron chi connectivity index (χ1n) is 7.27. The summed E-state index contributed by atoms with van der Waals surface area (Å²) in [5.74, 6) is 0. The number of nitrogens with one attached hydrogen (secondary N) is 1. The van der Waals surface area contributed by atoms with Crippen molar-refractivity contribution in [2.24, 2.45) is 0 Å². The van der Waals surface area contributed by atoms with Crippen LogP contribution in [0.2, 0.25) is 0 Å². The Balaban J connectivity index is 1.67. The van der Waals surface area contributed by atoms with Crippen molar-refractivity contribution in [3.63, 3.8) is 0 Å². The summed E-state index contributed by atoms with van der Waals surface area (Å²) >= 11 is 1.97. The molecule has 0 spiro atoms. The molecule has 1 saturated carbocycles. The highest BCUT2D eigenvalue weighted by Gasteiger charge is 2.20. The minimum Gasteiger partial charge on any atom is -0.309 e. The zero-order valence-corrected chi connectivity index (χ0v) is 12.6. The Bertz CT molecular complexity index is 344. The average molecular weight is 266 g/mol. The van der Waals surface area contributed by atoms with E-state index in [0.717, 1.165) is 19.1 Å². The van der Waals surface area contributed by atoms with Gasteiger partial charge in [0, 0.05) is 28.9 Å². The summed E-state index contributed by atoms with van der Waals surface area (Å²) in [4.78, 5) is 5.43. The molecule has 0 radical (unpaired) electrons. The van der Waals surface area contributed by atoms with Crippen molar-refractivity contribution in [3.8, 4) is 0 Å². The normalized spacial score (nSPS) is 15.5. The lowest BCUT2D eigenvalue weighted by Crippen LogP contribution is -2.18. The van der Waals surface area contributed by atoms with Gasteiger partial charge in [-0.15, -0.1) is 11.3 Å². The van der Waals surface area contributed by atoms with Gasteiger partial charge in [0.1, 0.15) is 0 Å². The lowest BCUT2D eigenvalue weighted by Gasteiger charge is -2.14. The van der Waals surface area contributed by atoms with Crippen molar-refractivity contribution in [1.29, 1.82) is 0 Å². The standard InChI is InChI=1S/C15H26N2S/c1-3-4-5-10-17(2)12-15-9-8-14(18-15)11-16-13-6-7-13/h8-9,13,16H,3-7,10-12H2,1-2H3. The molecule has 0 bridgehead atoms. The predicted molar refractivity (Wildman–Crippen MR) is 80.0 cm³/mol. The molecule has 0 amide bonds. The van der Waals surface area contributed by atoms with Crippen LogP contribution >= 0.6 is 11.3 Å². The van der Waals surface area contributed by atoms with Gasteiger partial charge in [0.05, 0.1) is 0 Å². The van der Waals surface area contributed by atoms with E-state index in [1.54, 1.807) is 0 Å². The van der Waals surface area contributed by atoms with Crippen LogP contribution in [0.1, 0.15) is 48.8 Å². The smallest absolute Gasteiger partial charge is 0.0324 e. The van der Waals surface area contributed by atoms with Crippen LogP contribution in [-0.2, 0) is 13.1 Å². The Labute approximate surface area is 115 Å². The second-order valence-corrected chi connectivity index (χ2v) is 6.72. The third kappa shape index (κ3) is 5.09. The molecule has 0 atom stereocenters. The van der Waals surface area contributed by atoms with E-state index < -0.39 is 0 Å². The topological polar surface area (TPSA) is 15.3 Å². The Kier molecular flexibility index (Phi) is 5.67. The number of thiophene rings is 1. The SMILES string of the molecule is CCCCCN(C)Cc1ccc(CNC2CC2)s1. The molecule has 3 heteroatoms. The minimum absolute atomic E-state index is 0.812. The number of hydrogen-bond donors (Lipinski definition) is 1. The highest BCUT2D eigenvalue weighted by atomic mass is 32.1. The average Bonchev–Trinajstić information content (AvgIpc) is 3.08. The summed E-state index contributed by atoms with van der Waals surface area (Å²) in [6.45, 7) is 5.66. The fourth-order valence-electron chi connectivity index (χ4n) is 2.11. The van der Waals surface area contributed by atoms with Gasteiger partial charge in [0.15, 0.2) is 0 Å². The lowest BCUT2D eigenvalue weighted by atomic mass is 10.2. The van der Waals surface area contributed by atoms with Gasteiger partial charge in [-0.05, 0) is 45.0 Å². The van der Waals surface area contributed by atoms with E-state index in [1.165, 1.54) is 48.4 Å². The molecule has 1 aliphatic carbocycles. The predicted octanol–water partition coefficient (Wildman–Crippen LogP) is 3.62. The summed E-state index contributed by atoms with van der Waals surface area (Å²) in [6, 6.07) is 5.40. The van der Waals surface area contributed by atoms with Crippen molar-refractivity contribution in [3.05, 3.63) is 21.9 Å². The number of hydrogen-bond acceptors (Lipinski definition) is 3. The molecule has 1 heterocycles. The zero-order chi connectivity index (χ0) is 12.8. The highest BCUT2D eigenvalue weighted by Crippen LogP contribution is 2.22. The van der Waals surface area contributed by atoms with Crippen molar-refractivity contribution in [1.82, 2.24) is 10.2 Å². The van der Waals surface area contributed by atoms with Crippen LogP contribution in [0, 0.1) is 0 Å². The minimum atomic E-state index is 0.812. The van der Waals surface area contributed by atoms with E-state index in [9.17, 15) is 0 Å².